The SMILES string of the molecule is C=CN1C=CN([O-])C=C1. The second-order valence-electron chi connectivity index (χ2n) is 1.59. The Labute approximate surface area is 53.8 Å². The van der Waals surface area contributed by atoms with E-state index in [0.29, 0.717) is 0 Å². The summed E-state index contributed by atoms with van der Waals surface area (Å²) in [5.41, 5.74) is 0. The fourth-order valence-electron chi connectivity index (χ4n) is 0.506. The first kappa shape index (κ1) is 5.91. The lowest BCUT2D eigenvalue weighted by Gasteiger charge is -2.26. The fraction of sp³-hybridized carbons (Fsp3) is 0. The minimum atomic E-state index is 0.722. The molecule has 9 heavy (non-hydrogen) atoms. The van der Waals surface area contributed by atoms with Crippen LogP contribution in [0.15, 0.2) is 37.6 Å². The average molecular weight is 123 g/mol. The third-order valence-corrected chi connectivity index (χ3v) is 0.982. The van der Waals surface area contributed by atoms with E-state index >= 15 is 0 Å². The van der Waals surface area contributed by atoms with E-state index in [1.165, 1.54) is 12.4 Å². The molecule has 1 rings (SSSR count). The van der Waals surface area contributed by atoms with Gasteiger partial charge in [0.2, 0.25) is 0 Å². The maximum Gasteiger partial charge on any atom is 0.0237 e. The van der Waals surface area contributed by atoms with Crippen molar-refractivity contribution >= 4 is 0 Å². The fourth-order valence-corrected chi connectivity index (χ4v) is 0.506. The Balaban J connectivity index is 2.58. The maximum absolute atomic E-state index is 10.4. The molecule has 3 nitrogen and oxygen atoms in total. The van der Waals surface area contributed by atoms with Gasteiger partial charge < -0.3 is 15.2 Å². The Kier molecular flexibility index (Phi) is 1.55. The molecule has 1 heterocycles. The topological polar surface area (TPSA) is 29.5 Å². The van der Waals surface area contributed by atoms with E-state index in [1.807, 2.05) is 0 Å². The molecule has 0 spiro atoms. The van der Waals surface area contributed by atoms with Crippen LogP contribution in [-0.2, 0) is 0 Å². The Bertz CT molecular complexity index is 148. The third-order valence-electron chi connectivity index (χ3n) is 0.982. The summed E-state index contributed by atoms with van der Waals surface area (Å²) in [6.07, 6.45) is 7.67. The van der Waals surface area contributed by atoms with E-state index in [0.717, 1.165) is 5.06 Å². The Morgan fingerprint density at radius 2 is 1.78 bits per heavy atom. The van der Waals surface area contributed by atoms with Crippen molar-refractivity contribution in [2.75, 3.05) is 0 Å². The second-order valence-corrected chi connectivity index (χ2v) is 1.59. The zero-order valence-electron chi connectivity index (χ0n) is 4.90. The summed E-state index contributed by atoms with van der Waals surface area (Å²) >= 11 is 0. The largest absolute Gasteiger partial charge is 0.755 e. The highest BCUT2D eigenvalue weighted by Gasteiger charge is 1.88. The van der Waals surface area contributed by atoms with Gasteiger partial charge in [-0.15, -0.1) is 0 Å². The normalized spacial score (nSPS) is 16.6. The highest BCUT2D eigenvalue weighted by molar-refractivity contribution is 5.04. The van der Waals surface area contributed by atoms with Crippen molar-refractivity contribution in [1.82, 2.24) is 9.96 Å². The van der Waals surface area contributed by atoms with Gasteiger partial charge in [-0.25, -0.2) is 0 Å². The molecule has 0 aromatic heterocycles. The van der Waals surface area contributed by atoms with Crippen molar-refractivity contribution in [2.45, 2.75) is 0 Å². The molecule has 0 fully saturated rings. The van der Waals surface area contributed by atoms with Gasteiger partial charge in [-0.3, -0.25) is 0 Å². The molecule has 0 bridgehead atoms. The first-order valence-corrected chi connectivity index (χ1v) is 2.55. The van der Waals surface area contributed by atoms with Crippen LogP contribution in [0.3, 0.4) is 0 Å². The third kappa shape index (κ3) is 1.33. The molecular weight excluding hydrogens is 116 g/mol. The Morgan fingerprint density at radius 1 is 1.22 bits per heavy atom. The lowest BCUT2D eigenvalue weighted by molar-refractivity contribution is 0.581. The Morgan fingerprint density at radius 3 is 2.22 bits per heavy atom. The first-order chi connectivity index (χ1) is 4.33. The van der Waals surface area contributed by atoms with E-state index in [9.17, 15) is 5.21 Å². The molecule has 48 valence electrons. The van der Waals surface area contributed by atoms with Crippen molar-refractivity contribution in [3.8, 4) is 0 Å². The van der Waals surface area contributed by atoms with Crippen molar-refractivity contribution in [1.29, 1.82) is 0 Å². The molecule has 0 atom stereocenters. The van der Waals surface area contributed by atoms with Gasteiger partial charge in [0.15, 0.2) is 0 Å². The molecule has 1 aliphatic rings. The van der Waals surface area contributed by atoms with E-state index < -0.39 is 0 Å². The zero-order valence-corrected chi connectivity index (χ0v) is 4.90. The summed E-state index contributed by atoms with van der Waals surface area (Å²) in [5.74, 6) is 0. The smallest absolute Gasteiger partial charge is 0.0237 e. The van der Waals surface area contributed by atoms with Crippen LogP contribution < -0.4 is 0 Å². The van der Waals surface area contributed by atoms with Crippen LogP contribution in [0, 0.1) is 5.21 Å². The number of rotatable bonds is 1. The van der Waals surface area contributed by atoms with E-state index in [1.54, 1.807) is 23.5 Å². The van der Waals surface area contributed by atoms with Gasteiger partial charge in [-0.05, 0) is 0 Å². The van der Waals surface area contributed by atoms with Gasteiger partial charge in [0, 0.05) is 31.0 Å². The van der Waals surface area contributed by atoms with Crippen LogP contribution in [0.2, 0.25) is 0 Å². The van der Waals surface area contributed by atoms with E-state index in [4.69, 9.17) is 0 Å². The highest BCUT2D eigenvalue weighted by Crippen LogP contribution is 2.01. The summed E-state index contributed by atoms with van der Waals surface area (Å²) in [7, 11) is 0. The van der Waals surface area contributed by atoms with E-state index in [2.05, 4.69) is 6.58 Å². The lowest BCUT2D eigenvalue weighted by Crippen LogP contribution is -2.09. The highest BCUT2D eigenvalue weighted by atomic mass is 16.5. The van der Waals surface area contributed by atoms with Crippen molar-refractivity contribution in [3.05, 3.63) is 42.8 Å². The minimum absolute atomic E-state index is 0.722. The molecule has 0 saturated heterocycles. The number of nitrogens with zero attached hydrogens (tertiary/aromatic N) is 2. The molecule has 0 saturated carbocycles. The van der Waals surface area contributed by atoms with Crippen LogP contribution >= 0.6 is 0 Å². The molecule has 0 amide bonds. The summed E-state index contributed by atoms with van der Waals surface area (Å²) in [4.78, 5) is 1.69. The minimum Gasteiger partial charge on any atom is -0.755 e. The Hall–Kier alpha value is -1.22. The van der Waals surface area contributed by atoms with E-state index in [-0.39, 0.29) is 0 Å². The van der Waals surface area contributed by atoms with Crippen LogP contribution in [-0.4, -0.2) is 9.96 Å². The van der Waals surface area contributed by atoms with Crippen LogP contribution in [0.25, 0.3) is 0 Å². The summed E-state index contributed by atoms with van der Waals surface area (Å²) < 4.78 is 0. The quantitative estimate of drug-likeness (QED) is 0.524. The number of hydrogen-bond donors (Lipinski definition) is 0. The lowest BCUT2D eigenvalue weighted by atomic mass is 10.6. The maximum atomic E-state index is 10.4. The first-order valence-electron chi connectivity index (χ1n) is 2.55. The van der Waals surface area contributed by atoms with Gasteiger partial charge in [0.1, 0.15) is 0 Å². The van der Waals surface area contributed by atoms with Crippen molar-refractivity contribution < 1.29 is 0 Å². The van der Waals surface area contributed by atoms with Crippen LogP contribution in [0.1, 0.15) is 0 Å². The van der Waals surface area contributed by atoms with Gasteiger partial charge in [0.25, 0.3) is 0 Å². The molecule has 0 radical (unpaired) electrons. The molecule has 0 aliphatic carbocycles. The molecule has 0 N–H and O–H groups in total. The monoisotopic (exact) mass is 123 g/mol. The molecule has 0 unspecified atom stereocenters. The molecule has 0 aromatic carbocycles. The van der Waals surface area contributed by atoms with Gasteiger partial charge in [-0.1, -0.05) is 6.58 Å². The van der Waals surface area contributed by atoms with Crippen LogP contribution in [0.4, 0.5) is 0 Å². The number of hydrogen-bond acceptors (Lipinski definition) is 3. The van der Waals surface area contributed by atoms with Crippen molar-refractivity contribution in [2.24, 2.45) is 0 Å². The average Bonchev–Trinajstić information content (AvgIpc) is 1.90. The molecular formula is C6H7N2O-. The number of hydroxylamine groups is 2. The molecule has 0 aromatic rings. The van der Waals surface area contributed by atoms with Gasteiger partial charge in [0.05, 0.1) is 0 Å². The van der Waals surface area contributed by atoms with Crippen LogP contribution in [0.5, 0.6) is 0 Å². The van der Waals surface area contributed by atoms with Crippen molar-refractivity contribution in [3.63, 3.8) is 0 Å². The second kappa shape index (κ2) is 2.37. The predicted octanol–water partition coefficient (Wildman–Crippen LogP) is 1.19. The standard InChI is InChI=1S/C6H7N2O/c1-2-7-3-5-8(9)6-4-7/h2-6H,1H2/q-1. The van der Waals surface area contributed by atoms with Gasteiger partial charge in [-0.2, -0.15) is 0 Å². The van der Waals surface area contributed by atoms with Gasteiger partial charge >= 0.3 is 0 Å². The molecule has 1 aliphatic heterocycles. The summed E-state index contributed by atoms with van der Waals surface area (Å²) in [5, 5.41) is 11.1. The zero-order chi connectivity index (χ0) is 6.69. The summed E-state index contributed by atoms with van der Waals surface area (Å²) in [6, 6.07) is 0. The molecule has 3 heteroatoms. The predicted molar refractivity (Wildman–Crippen MR) is 35.5 cm³/mol. The summed E-state index contributed by atoms with van der Waals surface area (Å²) in [6.45, 7) is 3.51.